The van der Waals surface area contributed by atoms with Crippen molar-refractivity contribution in [2.75, 3.05) is 37.4 Å². The summed E-state index contributed by atoms with van der Waals surface area (Å²) in [5.41, 5.74) is 0.196. The van der Waals surface area contributed by atoms with Crippen molar-refractivity contribution in [1.29, 1.82) is 0 Å². The highest BCUT2D eigenvalue weighted by Crippen LogP contribution is 2.17. The maximum absolute atomic E-state index is 13.2. The summed E-state index contributed by atoms with van der Waals surface area (Å²) < 4.78 is 18.4. The SMILES string of the molecule is O=C(Nc1ccc(SCC(=O)N2CCOCC2)nn1)c1cccc(F)c1. The van der Waals surface area contributed by atoms with Crippen molar-refractivity contribution in [1.82, 2.24) is 15.1 Å². The van der Waals surface area contributed by atoms with E-state index < -0.39 is 11.7 Å². The molecule has 9 heteroatoms. The summed E-state index contributed by atoms with van der Waals surface area (Å²) >= 11 is 1.28. The second-order valence-electron chi connectivity index (χ2n) is 5.50. The maximum atomic E-state index is 13.2. The molecular formula is C17H17FN4O3S. The Bertz CT molecular complexity index is 782. The molecule has 136 valence electrons. The third kappa shape index (κ3) is 4.99. The summed E-state index contributed by atoms with van der Waals surface area (Å²) in [4.78, 5) is 25.9. The van der Waals surface area contributed by atoms with Crippen LogP contribution in [0.1, 0.15) is 10.4 Å². The predicted octanol–water partition coefficient (Wildman–Crippen LogP) is 1.82. The van der Waals surface area contributed by atoms with Crippen LogP contribution in [-0.4, -0.2) is 59.0 Å². The molecule has 2 amide bonds. The lowest BCUT2D eigenvalue weighted by Gasteiger charge is -2.26. The van der Waals surface area contributed by atoms with Gasteiger partial charge in [0.15, 0.2) is 5.82 Å². The Morgan fingerprint density at radius 1 is 1.19 bits per heavy atom. The number of rotatable bonds is 5. The van der Waals surface area contributed by atoms with Crippen molar-refractivity contribution < 1.29 is 18.7 Å². The summed E-state index contributed by atoms with van der Waals surface area (Å²) in [6.45, 7) is 2.35. The minimum atomic E-state index is -0.486. The van der Waals surface area contributed by atoms with E-state index in [1.54, 1.807) is 17.0 Å². The van der Waals surface area contributed by atoms with Gasteiger partial charge in [0.1, 0.15) is 10.8 Å². The molecule has 1 aromatic heterocycles. The zero-order valence-corrected chi connectivity index (χ0v) is 14.7. The first-order valence-electron chi connectivity index (χ1n) is 8.01. The number of aromatic nitrogens is 2. The van der Waals surface area contributed by atoms with Crippen molar-refractivity contribution in [2.24, 2.45) is 0 Å². The average molecular weight is 376 g/mol. The van der Waals surface area contributed by atoms with Crippen LogP contribution in [0, 0.1) is 5.82 Å². The quantitative estimate of drug-likeness (QED) is 0.802. The number of nitrogens with one attached hydrogen (secondary N) is 1. The lowest BCUT2D eigenvalue weighted by molar-refractivity contribution is -0.132. The van der Waals surface area contributed by atoms with Crippen LogP contribution in [0.3, 0.4) is 0 Å². The predicted molar refractivity (Wildman–Crippen MR) is 94.5 cm³/mol. The second kappa shape index (κ2) is 8.72. The molecule has 26 heavy (non-hydrogen) atoms. The van der Waals surface area contributed by atoms with E-state index in [1.807, 2.05) is 0 Å². The van der Waals surface area contributed by atoms with Gasteiger partial charge >= 0.3 is 0 Å². The number of benzene rings is 1. The fraction of sp³-hybridized carbons (Fsp3) is 0.294. The monoisotopic (exact) mass is 376 g/mol. The number of carbonyl (C=O) groups excluding carboxylic acids is 2. The van der Waals surface area contributed by atoms with Crippen molar-refractivity contribution in [3.8, 4) is 0 Å². The van der Waals surface area contributed by atoms with Crippen LogP contribution < -0.4 is 5.32 Å². The van der Waals surface area contributed by atoms with Gasteiger partial charge in [0.2, 0.25) is 5.91 Å². The Labute approximate surface area is 153 Å². The van der Waals surface area contributed by atoms with Gasteiger partial charge < -0.3 is 15.0 Å². The van der Waals surface area contributed by atoms with E-state index in [0.717, 1.165) is 6.07 Å². The molecule has 2 aromatic rings. The van der Waals surface area contributed by atoms with E-state index in [9.17, 15) is 14.0 Å². The number of hydrogen-bond donors (Lipinski definition) is 1. The minimum absolute atomic E-state index is 0.0311. The standard InChI is InChI=1S/C17H17FN4O3S/c18-13-3-1-2-12(10-13)17(24)19-14-4-5-15(21-20-14)26-11-16(23)22-6-8-25-9-7-22/h1-5,10H,6-9,11H2,(H,19,20,24). The zero-order valence-electron chi connectivity index (χ0n) is 13.9. The third-order valence-corrected chi connectivity index (χ3v) is 4.58. The molecule has 3 rings (SSSR count). The summed E-state index contributed by atoms with van der Waals surface area (Å²) in [6.07, 6.45) is 0. The van der Waals surface area contributed by atoms with Crippen LogP contribution in [-0.2, 0) is 9.53 Å². The highest BCUT2D eigenvalue weighted by molar-refractivity contribution is 7.99. The number of thioether (sulfide) groups is 1. The number of ether oxygens (including phenoxy) is 1. The molecule has 0 saturated carbocycles. The first-order valence-corrected chi connectivity index (χ1v) is 8.99. The molecule has 0 atom stereocenters. The Kier molecular flexibility index (Phi) is 6.13. The van der Waals surface area contributed by atoms with Gasteiger partial charge in [0, 0.05) is 18.7 Å². The fourth-order valence-corrected chi connectivity index (χ4v) is 3.04. The average Bonchev–Trinajstić information content (AvgIpc) is 2.68. The van der Waals surface area contributed by atoms with Crippen molar-refractivity contribution in [3.63, 3.8) is 0 Å². The lowest BCUT2D eigenvalue weighted by Crippen LogP contribution is -2.41. The molecule has 7 nitrogen and oxygen atoms in total. The lowest BCUT2D eigenvalue weighted by atomic mass is 10.2. The van der Waals surface area contributed by atoms with Gasteiger partial charge in [-0.25, -0.2) is 4.39 Å². The van der Waals surface area contributed by atoms with E-state index in [2.05, 4.69) is 15.5 Å². The minimum Gasteiger partial charge on any atom is -0.378 e. The molecule has 2 heterocycles. The highest BCUT2D eigenvalue weighted by Gasteiger charge is 2.17. The topological polar surface area (TPSA) is 84.4 Å². The molecule has 1 aromatic carbocycles. The molecular weight excluding hydrogens is 359 g/mol. The van der Waals surface area contributed by atoms with Gasteiger partial charge in [-0.1, -0.05) is 17.8 Å². The molecule has 0 spiro atoms. The number of hydrogen-bond acceptors (Lipinski definition) is 6. The fourth-order valence-electron chi connectivity index (χ4n) is 2.32. The van der Waals surface area contributed by atoms with E-state index in [0.29, 0.717) is 31.3 Å². The van der Waals surface area contributed by atoms with Gasteiger partial charge in [0.25, 0.3) is 5.91 Å². The Morgan fingerprint density at radius 3 is 2.69 bits per heavy atom. The van der Waals surface area contributed by atoms with Crippen LogP contribution in [0.5, 0.6) is 0 Å². The summed E-state index contributed by atoms with van der Waals surface area (Å²) in [5, 5.41) is 11.0. The molecule has 1 N–H and O–H groups in total. The molecule has 1 aliphatic heterocycles. The maximum Gasteiger partial charge on any atom is 0.256 e. The largest absolute Gasteiger partial charge is 0.378 e. The molecule has 0 radical (unpaired) electrons. The van der Waals surface area contributed by atoms with E-state index in [1.165, 1.54) is 30.0 Å². The van der Waals surface area contributed by atoms with Crippen molar-refractivity contribution in [2.45, 2.75) is 5.03 Å². The Balaban J connectivity index is 1.51. The number of amides is 2. The molecule has 0 unspecified atom stereocenters. The van der Waals surface area contributed by atoms with E-state index in [4.69, 9.17) is 4.74 Å². The molecule has 1 saturated heterocycles. The first kappa shape index (κ1) is 18.3. The van der Waals surface area contributed by atoms with Crippen LogP contribution in [0.25, 0.3) is 0 Å². The van der Waals surface area contributed by atoms with E-state index >= 15 is 0 Å². The van der Waals surface area contributed by atoms with Crippen LogP contribution in [0.2, 0.25) is 0 Å². The Morgan fingerprint density at radius 2 is 2.00 bits per heavy atom. The summed E-state index contributed by atoms with van der Waals surface area (Å²) in [5.74, 6) is -0.405. The van der Waals surface area contributed by atoms with Gasteiger partial charge in [-0.2, -0.15) is 0 Å². The van der Waals surface area contributed by atoms with Gasteiger partial charge in [-0.15, -0.1) is 10.2 Å². The summed E-state index contributed by atoms with van der Waals surface area (Å²) in [6, 6.07) is 8.64. The number of halogens is 1. The highest BCUT2D eigenvalue weighted by atomic mass is 32.2. The van der Waals surface area contributed by atoms with Gasteiger partial charge in [-0.05, 0) is 30.3 Å². The van der Waals surface area contributed by atoms with Gasteiger partial charge in [-0.3, -0.25) is 9.59 Å². The Hall–Kier alpha value is -2.52. The molecule has 0 bridgehead atoms. The smallest absolute Gasteiger partial charge is 0.256 e. The second-order valence-corrected chi connectivity index (χ2v) is 6.50. The number of carbonyl (C=O) groups is 2. The van der Waals surface area contributed by atoms with Crippen LogP contribution in [0.15, 0.2) is 41.4 Å². The molecule has 1 aliphatic rings. The summed E-state index contributed by atoms with van der Waals surface area (Å²) in [7, 11) is 0. The first-order chi connectivity index (χ1) is 12.6. The molecule has 1 fully saturated rings. The van der Waals surface area contributed by atoms with E-state index in [-0.39, 0.29) is 23.0 Å². The zero-order chi connectivity index (χ0) is 18.4. The number of nitrogens with zero attached hydrogens (tertiary/aromatic N) is 3. The van der Waals surface area contributed by atoms with Crippen LogP contribution >= 0.6 is 11.8 Å². The molecule has 0 aliphatic carbocycles. The van der Waals surface area contributed by atoms with Crippen molar-refractivity contribution >= 4 is 29.4 Å². The van der Waals surface area contributed by atoms with Crippen molar-refractivity contribution in [3.05, 3.63) is 47.8 Å². The van der Waals surface area contributed by atoms with Crippen LogP contribution in [0.4, 0.5) is 10.2 Å². The van der Waals surface area contributed by atoms with Gasteiger partial charge in [0.05, 0.1) is 19.0 Å². The number of morpholine rings is 1. The third-order valence-electron chi connectivity index (χ3n) is 3.68. The normalized spacial score (nSPS) is 14.1. The number of anilines is 1.